The number of carbonyl (C=O) groups excluding carboxylic acids is 1. The summed E-state index contributed by atoms with van der Waals surface area (Å²) in [4.78, 5) is 11.6. The number of esters is 1. The first kappa shape index (κ1) is 22.5. The average molecular weight is 327 g/mol. The van der Waals surface area contributed by atoms with Gasteiger partial charge in [0.05, 0.1) is 6.61 Å². The molecule has 138 valence electrons. The third-order valence-corrected chi connectivity index (χ3v) is 4.50. The van der Waals surface area contributed by atoms with E-state index in [1.807, 2.05) is 0 Å². The lowest BCUT2D eigenvalue weighted by atomic mass is 10.1. The van der Waals surface area contributed by atoms with E-state index in [1.54, 1.807) is 0 Å². The van der Waals surface area contributed by atoms with Crippen LogP contribution in [0.15, 0.2) is 0 Å². The van der Waals surface area contributed by atoms with Crippen molar-refractivity contribution >= 4 is 5.97 Å². The second-order valence-corrected chi connectivity index (χ2v) is 6.92. The molecule has 0 spiro atoms. The van der Waals surface area contributed by atoms with E-state index < -0.39 is 0 Å². The molecule has 0 heterocycles. The van der Waals surface area contributed by atoms with E-state index in [-0.39, 0.29) is 5.97 Å². The Morgan fingerprint density at radius 1 is 0.565 bits per heavy atom. The number of rotatable bonds is 18. The van der Waals surface area contributed by atoms with Crippen LogP contribution >= 0.6 is 0 Å². The minimum atomic E-state index is 0.0122. The fourth-order valence-electron chi connectivity index (χ4n) is 2.90. The normalized spacial score (nSPS) is 10.9. The van der Waals surface area contributed by atoms with Crippen molar-refractivity contribution in [2.24, 2.45) is 0 Å². The molecule has 0 aliphatic rings. The van der Waals surface area contributed by atoms with Crippen molar-refractivity contribution in [3.8, 4) is 0 Å². The Labute approximate surface area is 145 Å². The quantitative estimate of drug-likeness (QED) is 0.196. The van der Waals surface area contributed by atoms with Gasteiger partial charge in [-0.1, -0.05) is 104 Å². The molecule has 0 saturated carbocycles. The molecule has 0 aromatic heterocycles. The molecule has 23 heavy (non-hydrogen) atoms. The van der Waals surface area contributed by atoms with E-state index in [2.05, 4.69) is 13.8 Å². The number of carbonyl (C=O) groups is 1. The van der Waals surface area contributed by atoms with Crippen LogP contribution < -0.4 is 0 Å². The van der Waals surface area contributed by atoms with Gasteiger partial charge >= 0.3 is 5.97 Å². The van der Waals surface area contributed by atoms with Crippen LogP contribution in [0.4, 0.5) is 0 Å². The summed E-state index contributed by atoms with van der Waals surface area (Å²) >= 11 is 0. The summed E-state index contributed by atoms with van der Waals surface area (Å²) in [7, 11) is 0. The molecule has 0 saturated heterocycles. The van der Waals surface area contributed by atoms with Crippen LogP contribution in [0.5, 0.6) is 0 Å². The van der Waals surface area contributed by atoms with Crippen molar-refractivity contribution < 1.29 is 9.53 Å². The summed E-state index contributed by atoms with van der Waals surface area (Å²) in [6.07, 6.45) is 21.1. The van der Waals surface area contributed by atoms with Gasteiger partial charge in [-0.05, 0) is 12.8 Å². The van der Waals surface area contributed by atoms with E-state index in [1.165, 1.54) is 89.9 Å². The van der Waals surface area contributed by atoms with Crippen LogP contribution in [0.25, 0.3) is 0 Å². The molecule has 0 rings (SSSR count). The molecular formula is C21H42O2. The predicted octanol–water partition coefficient (Wildman–Crippen LogP) is 7.20. The predicted molar refractivity (Wildman–Crippen MR) is 101 cm³/mol. The van der Waals surface area contributed by atoms with E-state index in [9.17, 15) is 4.79 Å². The molecule has 0 amide bonds. The molecule has 0 aromatic rings. The van der Waals surface area contributed by atoms with E-state index in [0.717, 1.165) is 12.8 Å². The highest BCUT2D eigenvalue weighted by Crippen LogP contribution is 2.11. The average Bonchev–Trinajstić information content (AvgIpc) is 2.55. The lowest BCUT2D eigenvalue weighted by molar-refractivity contribution is -0.143. The van der Waals surface area contributed by atoms with Gasteiger partial charge in [-0.25, -0.2) is 0 Å². The van der Waals surface area contributed by atoms with E-state index in [4.69, 9.17) is 4.74 Å². The van der Waals surface area contributed by atoms with Crippen molar-refractivity contribution in [1.82, 2.24) is 0 Å². The Hall–Kier alpha value is -0.530. The Morgan fingerprint density at radius 3 is 1.43 bits per heavy atom. The van der Waals surface area contributed by atoms with Crippen LogP contribution in [0.3, 0.4) is 0 Å². The van der Waals surface area contributed by atoms with Crippen molar-refractivity contribution in [2.75, 3.05) is 6.61 Å². The smallest absolute Gasteiger partial charge is 0.305 e. The molecule has 0 aliphatic carbocycles. The second-order valence-electron chi connectivity index (χ2n) is 6.92. The fraction of sp³-hybridized carbons (Fsp3) is 0.952. The molecule has 0 fully saturated rings. The Balaban J connectivity index is 3.13. The summed E-state index contributed by atoms with van der Waals surface area (Å²) in [5.74, 6) is 0.0122. The summed E-state index contributed by atoms with van der Waals surface area (Å²) in [6.45, 7) is 5.12. The molecule has 0 aliphatic heterocycles. The first-order valence-electron chi connectivity index (χ1n) is 10.5. The topological polar surface area (TPSA) is 26.3 Å². The SMILES string of the molecule is CCCCCCCCCCCCC(=O)OCCCCCCCC. The molecule has 0 radical (unpaired) electrons. The van der Waals surface area contributed by atoms with Gasteiger partial charge in [0.15, 0.2) is 0 Å². The molecule has 0 unspecified atom stereocenters. The highest BCUT2D eigenvalue weighted by molar-refractivity contribution is 5.69. The maximum atomic E-state index is 11.6. The highest BCUT2D eigenvalue weighted by atomic mass is 16.5. The monoisotopic (exact) mass is 326 g/mol. The minimum Gasteiger partial charge on any atom is -0.466 e. The van der Waals surface area contributed by atoms with Gasteiger partial charge in [-0.3, -0.25) is 4.79 Å². The lowest BCUT2D eigenvalue weighted by Crippen LogP contribution is -2.05. The van der Waals surface area contributed by atoms with Crippen LogP contribution in [0.1, 0.15) is 123 Å². The summed E-state index contributed by atoms with van der Waals surface area (Å²) < 4.78 is 5.29. The molecule has 0 N–H and O–H groups in total. The van der Waals surface area contributed by atoms with Gasteiger partial charge in [0.2, 0.25) is 0 Å². The number of hydrogen-bond donors (Lipinski definition) is 0. The molecule has 0 bridgehead atoms. The maximum absolute atomic E-state index is 11.6. The number of unbranched alkanes of at least 4 members (excludes halogenated alkanes) is 14. The minimum absolute atomic E-state index is 0.0122. The van der Waals surface area contributed by atoms with Crippen molar-refractivity contribution in [2.45, 2.75) is 123 Å². The summed E-state index contributed by atoms with van der Waals surface area (Å²) in [6, 6.07) is 0. The highest BCUT2D eigenvalue weighted by Gasteiger charge is 2.02. The van der Waals surface area contributed by atoms with Crippen molar-refractivity contribution in [3.05, 3.63) is 0 Å². The van der Waals surface area contributed by atoms with Crippen LogP contribution in [-0.2, 0) is 9.53 Å². The molecule has 2 nitrogen and oxygen atoms in total. The standard InChI is InChI=1S/C21H42O2/c1-3-5-7-9-11-12-13-14-15-17-19-21(22)23-20-18-16-10-8-6-4-2/h3-20H2,1-2H3. The van der Waals surface area contributed by atoms with Gasteiger partial charge in [-0.2, -0.15) is 0 Å². The summed E-state index contributed by atoms with van der Waals surface area (Å²) in [5.41, 5.74) is 0. The molecule has 0 aromatic carbocycles. The first-order valence-corrected chi connectivity index (χ1v) is 10.5. The van der Waals surface area contributed by atoms with Gasteiger partial charge in [0.25, 0.3) is 0 Å². The summed E-state index contributed by atoms with van der Waals surface area (Å²) in [5, 5.41) is 0. The fourth-order valence-corrected chi connectivity index (χ4v) is 2.90. The van der Waals surface area contributed by atoms with Gasteiger partial charge < -0.3 is 4.74 Å². The van der Waals surface area contributed by atoms with Gasteiger partial charge in [-0.15, -0.1) is 0 Å². The number of ether oxygens (including phenoxy) is 1. The number of hydrogen-bond acceptors (Lipinski definition) is 2. The van der Waals surface area contributed by atoms with Crippen LogP contribution in [-0.4, -0.2) is 12.6 Å². The van der Waals surface area contributed by atoms with Gasteiger partial charge in [0.1, 0.15) is 0 Å². The zero-order valence-corrected chi connectivity index (χ0v) is 16.0. The third-order valence-electron chi connectivity index (χ3n) is 4.50. The largest absolute Gasteiger partial charge is 0.466 e. The molecular weight excluding hydrogens is 284 g/mol. The van der Waals surface area contributed by atoms with Crippen molar-refractivity contribution in [1.29, 1.82) is 0 Å². The van der Waals surface area contributed by atoms with E-state index >= 15 is 0 Å². The third kappa shape index (κ3) is 19.4. The first-order chi connectivity index (χ1) is 11.3. The zero-order chi connectivity index (χ0) is 17.0. The van der Waals surface area contributed by atoms with Gasteiger partial charge in [0, 0.05) is 6.42 Å². The molecule has 2 heteroatoms. The zero-order valence-electron chi connectivity index (χ0n) is 16.0. The van der Waals surface area contributed by atoms with Crippen LogP contribution in [0, 0.1) is 0 Å². The Bertz CT molecular complexity index is 238. The maximum Gasteiger partial charge on any atom is 0.305 e. The van der Waals surface area contributed by atoms with Crippen LogP contribution in [0.2, 0.25) is 0 Å². The lowest BCUT2D eigenvalue weighted by Gasteiger charge is -2.05. The Morgan fingerprint density at radius 2 is 0.957 bits per heavy atom. The van der Waals surface area contributed by atoms with E-state index in [0.29, 0.717) is 13.0 Å². The van der Waals surface area contributed by atoms with Crippen molar-refractivity contribution in [3.63, 3.8) is 0 Å². The Kier molecular flexibility index (Phi) is 19.1. The second kappa shape index (κ2) is 19.5. The molecule has 0 atom stereocenters.